The minimum absolute atomic E-state index is 0.148. The molecule has 3 rings (SSSR count). The number of halogens is 1. The number of thiophene rings is 1. The van der Waals surface area contributed by atoms with Gasteiger partial charge in [-0.05, 0) is 38.5 Å². The van der Waals surface area contributed by atoms with E-state index in [0.717, 1.165) is 39.9 Å². The SMILES string of the molecule is CC(C)(C(=O)N1CCCc2occc2C1)c1ccc(Cl)s1. The zero-order chi connectivity index (χ0) is 15.0. The fourth-order valence-electron chi connectivity index (χ4n) is 2.77. The maximum absolute atomic E-state index is 13.0. The second kappa shape index (κ2) is 5.50. The molecule has 0 N–H and O–H groups in total. The van der Waals surface area contributed by atoms with Gasteiger partial charge in [0.1, 0.15) is 5.76 Å². The van der Waals surface area contributed by atoms with Crippen LogP contribution in [0.2, 0.25) is 4.34 Å². The lowest BCUT2D eigenvalue weighted by atomic mass is 9.89. The van der Waals surface area contributed by atoms with Crippen molar-refractivity contribution in [1.82, 2.24) is 4.90 Å². The Morgan fingerprint density at radius 3 is 2.90 bits per heavy atom. The van der Waals surface area contributed by atoms with Crippen molar-refractivity contribution in [3.05, 3.63) is 45.0 Å². The second-order valence-corrected chi connectivity index (χ2v) is 7.64. The number of amides is 1. The molecule has 0 aromatic carbocycles. The number of carbonyl (C=O) groups is 1. The Balaban J connectivity index is 1.84. The second-order valence-electron chi connectivity index (χ2n) is 5.93. The predicted octanol–water partition coefficient (Wildman–Crippen LogP) is 4.25. The lowest BCUT2D eigenvalue weighted by molar-refractivity contribution is -0.136. The van der Waals surface area contributed by atoms with Gasteiger partial charge >= 0.3 is 0 Å². The van der Waals surface area contributed by atoms with Crippen LogP contribution >= 0.6 is 22.9 Å². The van der Waals surface area contributed by atoms with Crippen LogP contribution in [0.15, 0.2) is 28.9 Å². The maximum atomic E-state index is 13.0. The summed E-state index contributed by atoms with van der Waals surface area (Å²) < 4.78 is 6.21. The van der Waals surface area contributed by atoms with Gasteiger partial charge in [0.2, 0.25) is 5.91 Å². The molecule has 0 radical (unpaired) electrons. The van der Waals surface area contributed by atoms with Crippen LogP contribution in [0.1, 0.15) is 36.5 Å². The number of fused-ring (bicyclic) bond motifs is 1. The Hall–Kier alpha value is -1.26. The standard InChI is InChI=1S/C16H18ClNO2S/c1-16(2,13-5-6-14(17)21-13)15(19)18-8-3-4-12-11(10-18)7-9-20-12/h5-7,9H,3-4,8,10H2,1-2H3. The highest BCUT2D eigenvalue weighted by Crippen LogP contribution is 2.35. The van der Waals surface area contributed by atoms with E-state index in [-0.39, 0.29) is 5.91 Å². The van der Waals surface area contributed by atoms with Gasteiger partial charge in [-0.1, -0.05) is 11.6 Å². The highest BCUT2D eigenvalue weighted by atomic mass is 35.5. The molecule has 1 aliphatic heterocycles. The van der Waals surface area contributed by atoms with Crippen LogP contribution in [-0.4, -0.2) is 17.4 Å². The Morgan fingerprint density at radius 2 is 2.19 bits per heavy atom. The number of rotatable bonds is 2. The van der Waals surface area contributed by atoms with E-state index in [4.69, 9.17) is 16.0 Å². The van der Waals surface area contributed by atoms with Crippen LogP contribution < -0.4 is 0 Å². The molecule has 0 fully saturated rings. The molecule has 0 spiro atoms. The average Bonchev–Trinajstić information content (AvgIpc) is 3.02. The van der Waals surface area contributed by atoms with Crippen LogP contribution in [0.3, 0.4) is 0 Å². The lowest BCUT2D eigenvalue weighted by Crippen LogP contribution is -2.42. The van der Waals surface area contributed by atoms with Gasteiger partial charge < -0.3 is 9.32 Å². The average molecular weight is 324 g/mol. The number of furan rings is 1. The molecule has 0 bridgehead atoms. The maximum Gasteiger partial charge on any atom is 0.233 e. The molecule has 3 heterocycles. The van der Waals surface area contributed by atoms with E-state index in [1.807, 2.05) is 36.9 Å². The molecule has 3 nitrogen and oxygen atoms in total. The number of aryl methyl sites for hydroxylation is 1. The molecule has 0 saturated heterocycles. The Morgan fingerprint density at radius 1 is 1.38 bits per heavy atom. The van der Waals surface area contributed by atoms with Gasteiger partial charge in [0.25, 0.3) is 0 Å². The molecule has 0 aliphatic carbocycles. The van der Waals surface area contributed by atoms with E-state index >= 15 is 0 Å². The molecule has 5 heteroatoms. The Labute approximate surface area is 133 Å². The third kappa shape index (κ3) is 2.74. The van der Waals surface area contributed by atoms with E-state index in [1.165, 1.54) is 11.3 Å². The van der Waals surface area contributed by atoms with Crippen LogP contribution in [0.5, 0.6) is 0 Å². The first kappa shape index (κ1) is 14.7. The fourth-order valence-corrected chi connectivity index (χ4v) is 3.90. The lowest BCUT2D eigenvalue weighted by Gasteiger charge is -2.30. The van der Waals surface area contributed by atoms with Gasteiger partial charge in [-0.25, -0.2) is 0 Å². The first-order valence-corrected chi connectivity index (χ1v) is 8.28. The molecule has 2 aromatic rings. The van der Waals surface area contributed by atoms with Gasteiger partial charge in [0.15, 0.2) is 0 Å². The largest absolute Gasteiger partial charge is 0.469 e. The van der Waals surface area contributed by atoms with Gasteiger partial charge in [-0.3, -0.25) is 4.79 Å². The molecular weight excluding hydrogens is 306 g/mol. The number of carbonyl (C=O) groups excluding carboxylic acids is 1. The molecule has 112 valence electrons. The van der Waals surface area contributed by atoms with E-state index < -0.39 is 5.41 Å². The van der Waals surface area contributed by atoms with Crippen molar-refractivity contribution >= 4 is 28.8 Å². The fraction of sp³-hybridized carbons (Fsp3) is 0.438. The molecular formula is C16H18ClNO2S. The summed E-state index contributed by atoms with van der Waals surface area (Å²) in [6.07, 6.45) is 3.55. The van der Waals surface area contributed by atoms with Crippen LogP contribution in [0.4, 0.5) is 0 Å². The van der Waals surface area contributed by atoms with Crippen molar-refractivity contribution in [2.24, 2.45) is 0 Å². The van der Waals surface area contributed by atoms with Crippen molar-refractivity contribution in [3.63, 3.8) is 0 Å². The van der Waals surface area contributed by atoms with E-state index in [0.29, 0.717) is 6.54 Å². The van der Waals surface area contributed by atoms with E-state index in [1.54, 1.807) is 6.26 Å². The highest BCUT2D eigenvalue weighted by Gasteiger charge is 2.36. The molecule has 1 amide bonds. The Kier molecular flexibility index (Phi) is 3.84. The summed E-state index contributed by atoms with van der Waals surface area (Å²) >= 11 is 7.50. The Bertz CT molecular complexity index is 659. The van der Waals surface area contributed by atoms with Crippen molar-refractivity contribution in [1.29, 1.82) is 0 Å². The number of nitrogens with zero attached hydrogens (tertiary/aromatic N) is 1. The van der Waals surface area contributed by atoms with Crippen LogP contribution in [-0.2, 0) is 23.2 Å². The third-order valence-corrected chi connectivity index (χ3v) is 5.60. The van der Waals surface area contributed by atoms with Crippen LogP contribution in [0.25, 0.3) is 0 Å². The molecule has 0 unspecified atom stereocenters. The normalized spacial score (nSPS) is 15.7. The van der Waals surface area contributed by atoms with Gasteiger partial charge in [0, 0.05) is 30.0 Å². The van der Waals surface area contributed by atoms with Gasteiger partial charge in [-0.2, -0.15) is 0 Å². The molecule has 1 aliphatic rings. The summed E-state index contributed by atoms with van der Waals surface area (Å²) in [5.41, 5.74) is 0.576. The molecule has 21 heavy (non-hydrogen) atoms. The minimum atomic E-state index is -0.550. The zero-order valence-electron chi connectivity index (χ0n) is 12.2. The predicted molar refractivity (Wildman–Crippen MR) is 84.8 cm³/mol. The van der Waals surface area contributed by atoms with Crippen molar-refractivity contribution in [3.8, 4) is 0 Å². The summed E-state index contributed by atoms with van der Waals surface area (Å²) in [4.78, 5) is 15.9. The summed E-state index contributed by atoms with van der Waals surface area (Å²) in [7, 11) is 0. The summed E-state index contributed by atoms with van der Waals surface area (Å²) in [6.45, 7) is 5.34. The first-order valence-electron chi connectivity index (χ1n) is 7.09. The quantitative estimate of drug-likeness (QED) is 0.828. The van der Waals surface area contributed by atoms with E-state index in [2.05, 4.69) is 0 Å². The summed E-state index contributed by atoms with van der Waals surface area (Å²) in [5.74, 6) is 1.16. The van der Waals surface area contributed by atoms with Gasteiger partial charge in [0.05, 0.1) is 16.0 Å². The van der Waals surface area contributed by atoms with E-state index in [9.17, 15) is 4.79 Å². The van der Waals surface area contributed by atoms with Crippen molar-refractivity contribution in [2.45, 2.75) is 38.6 Å². The number of hydrogen-bond donors (Lipinski definition) is 0. The molecule has 0 saturated carbocycles. The summed E-state index contributed by atoms with van der Waals surface area (Å²) in [6, 6.07) is 5.77. The number of hydrogen-bond acceptors (Lipinski definition) is 3. The molecule has 0 atom stereocenters. The third-order valence-electron chi connectivity index (χ3n) is 4.04. The monoisotopic (exact) mass is 323 g/mol. The zero-order valence-corrected chi connectivity index (χ0v) is 13.8. The topological polar surface area (TPSA) is 33.5 Å². The van der Waals surface area contributed by atoms with Crippen molar-refractivity contribution in [2.75, 3.05) is 6.54 Å². The first-order chi connectivity index (χ1) is 9.98. The highest BCUT2D eigenvalue weighted by molar-refractivity contribution is 7.16. The van der Waals surface area contributed by atoms with Crippen molar-refractivity contribution < 1.29 is 9.21 Å². The summed E-state index contributed by atoms with van der Waals surface area (Å²) in [5, 5.41) is 0. The molecule has 2 aromatic heterocycles. The van der Waals surface area contributed by atoms with Gasteiger partial charge in [-0.15, -0.1) is 11.3 Å². The minimum Gasteiger partial charge on any atom is -0.469 e. The van der Waals surface area contributed by atoms with Crippen LogP contribution in [0, 0.1) is 0 Å². The smallest absolute Gasteiger partial charge is 0.233 e.